The van der Waals surface area contributed by atoms with Crippen LogP contribution < -0.4 is 0 Å². The lowest BCUT2D eigenvalue weighted by Crippen LogP contribution is -2.50. The molecule has 0 aromatic carbocycles. The van der Waals surface area contributed by atoms with Gasteiger partial charge in [-0.2, -0.15) is 5.10 Å². The van der Waals surface area contributed by atoms with Crippen LogP contribution in [0.15, 0.2) is 12.4 Å². The lowest BCUT2D eigenvalue weighted by Gasteiger charge is -2.38. The molecule has 0 radical (unpaired) electrons. The highest BCUT2D eigenvalue weighted by atomic mass is 16.3. The van der Waals surface area contributed by atoms with E-state index >= 15 is 0 Å². The van der Waals surface area contributed by atoms with Crippen LogP contribution in [0.2, 0.25) is 0 Å². The molecule has 2 rings (SSSR count). The summed E-state index contributed by atoms with van der Waals surface area (Å²) in [4.78, 5) is 4.86. The van der Waals surface area contributed by atoms with Crippen molar-refractivity contribution in [3.8, 4) is 0 Å². The maximum Gasteiger partial charge on any atom is 0.0586 e. The van der Waals surface area contributed by atoms with Gasteiger partial charge < -0.3 is 5.11 Å². The zero-order valence-corrected chi connectivity index (χ0v) is 11.4. The van der Waals surface area contributed by atoms with E-state index in [1.807, 2.05) is 17.9 Å². The largest absolute Gasteiger partial charge is 0.395 e. The van der Waals surface area contributed by atoms with Crippen molar-refractivity contribution in [2.75, 3.05) is 32.8 Å². The summed E-state index contributed by atoms with van der Waals surface area (Å²) in [5.74, 6) is 0. The van der Waals surface area contributed by atoms with Crippen LogP contribution in [0.4, 0.5) is 0 Å². The summed E-state index contributed by atoms with van der Waals surface area (Å²) in [6, 6.07) is 0.338. The van der Waals surface area contributed by atoms with Crippen LogP contribution in [0.3, 0.4) is 0 Å². The number of hydrogen-bond acceptors (Lipinski definition) is 4. The van der Waals surface area contributed by atoms with Crippen LogP contribution in [0.1, 0.15) is 18.9 Å². The molecule has 1 atom stereocenters. The van der Waals surface area contributed by atoms with Crippen LogP contribution in [-0.4, -0.2) is 63.5 Å². The van der Waals surface area contributed by atoms with E-state index in [0.717, 1.165) is 39.1 Å². The van der Waals surface area contributed by atoms with Crippen molar-refractivity contribution in [1.29, 1.82) is 0 Å². The summed E-state index contributed by atoms with van der Waals surface area (Å²) in [6.07, 6.45) is 5.04. The standard InChI is InChI=1S/C13H24N4O/c1-3-13(11-18)17-6-4-16(5-7-17)10-12-8-14-15(2)9-12/h8-9,13,18H,3-7,10-11H2,1-2H3. The third-order valence-corrected chi connectivity index (χ3v) is 3.77. The minimum absolute atomic E-state index is 0.277. The molecule has 102 valence electrons. The maximum absolute atomic E-state index is 9.32. The number of aliphatic hydroxyl groups is 1. The molecule has 1 aromatic rings. The molecule has 1 N–H and O–H groups in total. The summed E-state index contributed by atoms with van der Waals surface area (Å²) in [5, 5.41) is 13.5. The Kier molecular flexibility index (Phi) is 4.74. The molecule has 1 unspecified atom stereocenters. The number of aliphatic hydroxyl groups excluding tert-OH is 1. The molecule has 2 heterocycles. The second kappa shape index (κ2) is 6.31. The Balaban J connectivity index is 1.79. The molecule has 1 aliphatic heterocycles. The molecule has 5 heteroatoms. The minimum atomic E-state index is 0.277. The van der Waals surface area contributed by atoms with Crippen molar-refractivity contribution < 1.29 is 5.11 Å². The Morgan fingerprint density at radius 3 is 2.56 bits per heavy atom. The topological polar surface area (TPSA) is 44.5 Å². The van der Waals surface area contributed by atoms with Crippen molar-refractivity contribution in [3.05, 3.63) is 18.0 Å². The summed E-state index contributed by atoms with van der Waals surface area (Å²) in [6.45, 7) is 7.66. The Bertz CT molecular complexity index is 354. The minimum Gasteiger partial charge on any atom is -0.395 e. The van der Waals surface area contributed by atoms with E-state index < -0.39 is 0 Å². The van der Waals surface area contributed by atoms with E-state index in [-0.39, 0.29) is 6.61 Å². The lowest BCUT2D eigenvalue weighted by atomic mass is 10.1. The van der Waals surface area contributed by atoms with E-state index in [4.69, 9.17) is 0 Å². The van der Waals surface area contributed by atoms with Gasteiger partial charge in [-0.3, -0.25) is 14.5 Å². The predicted octanol–water partition coefficient (Wildman–Crippen LogP) is 0.309. The fraction of sp³-hybridized carbons (Fsp3) is 0.769. The quantitative estimate of drug-likeness (QED) is 0.819. The number of aryl methyl sites for hydroxylation is 1. The zero-order valence-electron chi connectivity index (χ0n) is 11.4. The van der Waals surface area contributed by atoms with Crippen LogP contribution in [-0.2, 0) is 13.6 Å². The monoisotopic (exact) mass is 252 g/mol. The maximum atomic E-state index is 9.32. The van der Waals surface area contributed by atoms with Crippen LogP contribution in [0, 0.1) is 0 Å². The summed E-state index contributed by atoms with van der Waals surface area (Å²) < 4.78 is 1.85. The van der Waals surface area contributed by atoms with Gasteiger partial charge in [0.25, 0.3) is 0 Å². The Hall–Kier alpha value is -0.910. The van der Waals surface area contributed by atoms with Crippen LogP contribution >= 0.6 is 0 Å². The molecule has 0 saturated carbocycles. The predicted molar refractivity (Wildman–Crippen MR) is 71.2 cm³/mol. The van der Waals surface area contributed by atoms with Crippen LogP contribution in [0.5, 0.6) is 0 Å². The zero-order chi connectivity index (χ0) is 13.0. The number of aromatic nitrogens is 2. The smallest absolute Gasteiger partial charge is 0.0586 e. The first-order valence-electron chi connectivity index (χ1n) is 6.77. The van der Waals surface area contributed by atoms with Crippen molar-refractivity contribution in [3.63, 3.8) is 0 Å². The molecule has 5 nitrogen and oxygen atoms in total. The van der Waals surface area contributed by atoms with Gasteiger partial charge in [0.1, 0.15) is 0 Å². The van der Waals surface area contributed by atoms with Crippen molar-refractivity contribution in [1.82, 2.24) is 19.6 Å². The first-order chi connectivity index (χ1) is 8.72. The molecule has 1 aromatic heterocycles. The molecular formula is C13H24N4O. The normalized spacial score (nSPS) is 20.2. The molecule has 1 aliphatic rings. The van der Waals surface area contributed by atoms with Crippen LogP contribution in [0.25, 0.3) is 0 Å². The van der Waals surface area contributed by atoms with E-state index in [1.54, 1.807) is 0 Å². The summed E-state index contributed by atoms with van der Waals surface area (Å²) >= 11 is 0. The molecule has 18 heavy (non-hydrogen) atoms. The Labute approximate surface area is 109 Å². The molecule has 1 fully saturated rings. The van der Waals surface area contributed by atoms with E-state index in [9.17, 15) is 5.11 Å². The van der Waals surface area contributed by atoms with Gasteiger partial charge in [0.05, 0.1) is 12.8 Å². The number of piperazine rings is 1. The second-order valence-corrected chi connectivity index (χ2v) is 5.08. The first-order valence-corrected chi connectivity index (χ1v) is 6.77. The van der Waals surface area contributed by atoms with Gasteiger partial charge >= 0.3 is 0 Å². The highest BCUT2D eigenvalue weighted by Crippen LogP contribution is 2.11. The van der Waals surface area contributed by atoms with Crippen molar-refractivity contribution >= 4 is 0 Å². The molecule has 0 amide bonds. The van der Waals surface area contributed by atoms with E-state index in [1.165, 1.54) is 5.56 Å². The fourth-order valence-corrected chi connectivity index (χ4v) is 2.60. The number of nitrogens with zero attached hydrogens (tertiary/aromatic N) is 4. The second-order valence-electron chi connectivity index (χ2n) is 5.08. The summed E-state index contributed by atoms with van der Waals surface area (Å²) in [5.41, 5.74) is 1.28. The van der Waals surface area contributed by atoms with Gasteiger partial charge in [-0.1, -0.05) is 6.92 Å². The third kappa shape index (κ3) is 3.31. The van der Waals surface area contributed by atoms with Gasteiger partial charge in [0, 0.05) is 57.6 Å². The average Bonchev–Trinajstić information content (AvgIpc) is 2.78. The average molecular weight is 252 g/mol. The molecular weight excluding hydrogens is 228 g/mol. The Morgan fingerprint density at radius 2 is 2.06 bits per heavy atom. The first kappa shape index (κ1) is 13.5. The van der Waals surface area contributed by atoms with Gasteiger partial charge in [0.15, 0.2) is 0 Å². The molecule has 0 spiro atoms. The van der Waals surface area contributed by atoms with Crippen molar-refractivity contribution in [2.24, 2.45) is 7.05 Å². The van der Waals surface area contributed by atoms with Gasteiger partial charge in [-0.05, 0) is 6.42 Å². The SMILES string of the molecule is CCC(CO)N1CCN(Cc2cnn(C)c2)CC1. The Morgan fingerprint density at radius 1 is 1.33 bits per heavy atom. The molecule has 1 saturated heterocycles. The fourth-order valence-electron chi connectivity index (χ4n) is 2.60. The molecule has 0 aliphatic carbocycles. The third-order valence-electron chi connectivity index (χ3n) is 3.77. The van der Waals surface area contributed by atoms with Crippen molar-refractivity contribution in [2.45, 2.75) is 25.9 Å². The lowest BCUT2D eigenvalue weighted by molar-refractivity contribution is 0.0608. The summed E-state index contributed by atoms with van der Waals surface area (Å²) in [7, 11) is 1.95. The van der Waals surface area contributed by atoms with Gasteiger partial charge in [-0.15, -0.1) is 0 Å². The molecule has 0 bridgehead atoms. The number of rotatable bonds is 5. The van der Waals surface area contributed by atoms with E-state index in [2.05, 4.69) is 28.0 Å². The highest BCUT2D eigenvalue weighted by Gasteiger charge is 2.22. The van der Waals surface area contributed by atoms with Gasteiger partial charge in [-0.25, -0.2) is 0 Å². The number of hydrogen-bond donors (Lipinski definition) is 1. The highest BCUT2D eigenvalue weighted by molar-refractivity contribution is 5.03. The van der Waals surface area contributed by atoms with E-state index in [0.29, 0.717) is 6.04 Å². The van der Waals surface area contributed by atoms with Gasteiger partial charge in [0.2, 0.25) is 0 Å².